The summed E-state index contributed by atoms with van der Waals surface area (Å²) in [5.74, 6) is -0.0531. The van der Waals surface area contributed by atoms with Crippen LogP contribution >= 0.6 is 0 Å². The Morgan fingerprint density at radius 3 is 2.36 bits per heavy atom. The quantitative estimate of drug-likeness (QED) is 0.595. The summed E-state index contributed by atoms with van der Waals surface area (Å²) in [6.07, 6.45) is 8.04. The third-order valence-corrected chi connectivity index (χ3v) is 4.67. The molecule has 2 aromatic carbocycles. The van der Waals surface area contributed by atoms with E-state index >= 15 is 0 Å². The zero-order chi connectivity index (χ0) is 19.8. The standard InChI is InChI=1S/C23H23N2O3/c26-16-2-5-19-3-1-4-20(17-19)8-11-23(27)22-9-6-21(7-10-22)18-24-12-14-25(28)15-13-24/h1-11,17,28H,12-15,18H2/b5-2+,11-8+. The molecule has 5 nitrogen and oxygen atoms in total. The highest BCUT2D eigenvalue weighted by atomic mass is 16.5. The molecule has 2 aromatic rings. The number of nitrogens with zero attached hydrogens (tertiary/aromatic N) is 2. The molecule has 1 aliphatic heterocycles. The molecule has 5 heteroatoms. The summed E-state index contributed by atoms with van der Waals surface area (Å²) >= 11 is 0. The number of allylic oxidation sites excluding steroid dienone is 2. The highest BCUT2D eigenvalue weighted by Crippen LogP contribution is 2.12. The average molecular weight is 375 g/mol. The first kappa shape index (κ1) is 19.9. The van der Waals surface area contributed by atoms with Crippen LogP contribution in [-0.2, 0) is 11.3 Å². The zero-order valence-electron chi connectivity index (χ0n) is 15.6. The SMILES string of the molecule is O=[C]/C=C/c1cccc(/C=C/C(=O)c2ccc(CN3CCN(O)CC3)cc2)c1. The van der Waals surface area contributed by atoms with Crippen molar-refractivity contribution in [3.63, 3.8) is 0 Å². The molecule has 3 rings (SSSR count). The number of benzene rings is 2. The Morgan fingerprint density at radius 2 is 1.68 bits per heavy atom. The smallest absolute Gasteiger partial charge is 0.225 e. The van der Waals surface area contributed by atoms with E-state index in [0.717, 1.165) is 36.3 Å². The molecule has 0 spiro atoms. The fourth-order valence-corrected chi connectivity index (χ4v) is 3.09. The van der Waals surface area contributed by atoms with Crippen LogP contribution in [0.2, 0.25) is 0 Å². The summed E-state index contributed by atoms with van der Waals surface area (Å²) in [6, 6.07) is 15.2. The minimum atomic E-state index is -0.0531. The van der Waals surface area contributed by atoms with E-state index in [9.17, 15) is 14.8 Å². The van der Waals surface area contributed by atoms with E-state index in [1.54, 1.807) is 24.5 Å². The highest BCUT2D eigenvalue weighted by Gasteiger charge is 2.15. The molecular weight excluding hydrogens is 352 g/mol. The second-order valence-corrected chi connectivity index (χ2v) is 6.75. The molecule has 0 atom stereocenters. The maximum Gasteiger partial charge on any atom is 0.225 e. The maximum absolute atomic E-state index is 12.4. The predicted octanol–water partition coefficient (Wildman–Crippen LogP) is 3.21. The van der Waals surface area contributed by atoms with Crippen molar-refractivity contribution < 1.29 is 14.8 Å². The molecule has 1 radical (unpaired) electrons. The van der Waals surface area contributed by atoms with Crippen LogP contribution < -0.4 is 0 Å². The van der Waals surface area contributed by atoms with Gasteiger partial charge in [-0.05, 0) is 34.9 Å². The molecule has 0 aromatic heterocycles. The van der Waals surface area contributed by atoms with Crippen LogP contribution in [0.1, 0.15) is 27.0 Å². The first-order chi connectivity index (χ1) is 13.6. The minimum absolute atomic E-state index is 0.0531. The lowest BCUT2D eigenvalue weighted by Gasteiger charge is -2.31. The Hall–Kier alpha value is -2.86. The third kappa shape index (κ3) is 5.82. The van der Waals surface area contributed by atoms with Crippen LogP contribution in [0.5, 0.6) is 0 Å². The Labute approximate surface area is 165 Å². The lowest BCUT2D eigenvalue weighted by molar-refractivity contribution is -0.118. The summed E-state index contributed by atoms with van der Waals surface area (Å²) in [5, 5.41) is 10.8. The van der Waals surface area contributed by atoms with Crippen molar-refractivity contribution in [1.29, 1.82) is 0 Å². The summed E-state index contributed by atoms with van der Waals surface area (Å²) in [6.45, 7) is 3.80. The van der Waals surface area contributed by atoms with Crippen LogP contribution in [-0.4, -0.2) is 53.4 Å². The van der Waals surface area contributed by atoms with Crippen molar-refractivity contribution in [1.82, 2.24) is 9.96 Å². The Bertz CT molecular complexity index is 864. The van der Waals surface area contributed by atoms with Crippen molar-refractivity contribution in [3.8, 4) is 0 Å². The molecule has 1 heterocycles. The summed E-state index contributed by atoms with van der Waals surface area (Å²) in [4.78, 5) is 25.0. The molecule has 28 heavy (non-hydrogen) atoms. The van der Waals surface area contributed by atoms with Crippen molar-refractivity contribution in [2.24, 2.45) is 0 Å². The van der Waals surface area contributed by atoms with E-state index < -0.39 is 0 Å². The molecule has 0 aliphatic carbocycles. The summed E-state index contributed by atoms with van der Waals surface area (Å²) < 4.78 is 0. The lowest BCUT2D eigenvalue weighted by Crippen LogP contribution is -2.44. The Balaban J connectivity index is 1.59. The highest BCUT2D eigenvalue weighted by molar-refractivity contribution is 6.06. The van der Waals surface area contributed by atoms with Gasteiger partial charge in [0.1, 0.15) is 0 Å². The first-order valence-electron chi connectivity index (χ1n) is 9.26. The average Bonchev–Trinajstić information content (AvgIpc) is 2.73. The van der Waals surface area contributed by atoms with Crippen molar-refractivity contribution in [3.05, 3.63) is 82.9 Å². The van der Waals surface area contributed by atoms with E-state index in [4.69, 9.17) is 0 Å². The van der Waals surface area contributed by atoms with E-state index in [2.05, 4.69) is 4.90 Å². The van der Waals surface area contributed by atoms with Crippen molar-refractivity contribution >= 4 is 24.2 Å². The maximum atomic E-state index is 12.4. The zero-order valence-corrected chi connectivity index (χ0v) is 15.6. The van der Waals surface area contributed by atoms with E-state index in [1.807, 2.05) is 48.5 Å². The van der Waals surface area contributed by atoms with E-state index in [0.29, 0.717) is 18.7 Å². The van der Waals surface area contributed by atoms with Crippen LogP contribution in [0.3, 0.4) is 0 Å². The molecule has 0 bridgehead atoms. The minimum Gasteiger partial charge on any atom is -0.314 e. The van der Waals surface area contributed by atoms with Gasteiger partial charge in [0, 0.05) is 38.3 Å². The lowest BCUT2D eigenvalue weighted by atomic mass is 10.1. The number of ketones is 1. The molecule has 0 unspecified atom stereocenters. The molecule has 1 aliphatic rings. The fourth-order valence-electron chi connectivity index (χ4n) is 3.09. The summed E-state index contributed by atoms with van der Waals surface area (Å²) in [7, 11) is 0. The Kier molecular flexibility index (Phi) is 7.03. The van der Waals surface area contributed by atoms with Gasteiger partial charge in [0.15, 0.2) is 5.78 Å². The van der Waals surface area contributed by atoms with Crippen molar-refractivity contribution in [2.75, 3.05) is 26.2 Å². The van der Waals surface area contributed by atoms with Gasteiger partial charge in [-0.1, -0.05) is 54.6 Å². The van der Waals surface area contributed by atoms with Gasteiger partial charge in [-0.25, -0.2) is 0 Å². The van der Waals surface area contributed by atoms with Gasteiger partial charge in [0.2, 0.25) is 6.29 Å². The number of carbonyl (C=O) groups excluding carboxylic acids is 2. The number of hydroxylamine groups is 2. The first-order valence-corrected chi connectivity index (χ1v) is 9.26. The normalized spacial score (nSPS) is 16.0. The largest absolute Gasteiger partial charge is 0.314 e. The molecule has 0 saturated carbocycles. The molecule has 1 saturated heterocycles. The number of hydrogen-bond acceptors (Lipinski definition) is 5. The molecule has 143 valence electrons. The second kappa shape index (κ2) is 9.90. The molecule has 1 N–H and O–H groups in total. The van der Waals surface area contributed by atoms with Crippen LogP contribution in [0.25, 0.3) is 12.2 Å². The fraction of sp³-hybridized carbons (Fsp3) is 0.217. The summed E-state index contributed by atoms with van der Waals surface area (Å²) in [5.41, 5.74) is 3.57. The Morgan fingerprint density at radius 1 is 1.00 bits per heavy atom. The van der Waals surface area contributed by atoms with Gasteiger partial charge in [0.05, 0.1) is 0 Å². The van der Waals surface area contributed by atoms with Gasteiger partial charge < -0.3 is 5.21 Å². The third-order valence-electron chi connectivity index (χ3n) is 4.67. The number of carbonyl (C=O) groups is 1. The van der Waals surface area contributed by atoms with Gasteiger partial charge in [0.25, 0.3) is 0 Å². The van der Waals surface area contributed by atoms with Crippen LogP contribution in [0.4, 0.5) is 0 Å². The van der Waals surface area contributed by atoms with Gasteiger partial charge in [-0.15, -0.1) is 0 Å². The van der Waals surface area contributed by atoms with E-state index in [-0.39, 0.29) is 5.78 Å². The number of piperazine rings is 1. The van der Waals surface area contributed by atoms with Crippen LogP contribution in [0.15, 0.2) is 60.7 Å². The van der Waals surface area contributed by atoms with Gasteiger partial charge >= 0.3 is 0 Å². The monoisotopic (exact) mass is 375 g/mol. The predicted molar refractivity (Wildman–Crippen MR) is 110 cm³/mol. The topological polar surface area (TPSA) is 60.9 Å². The van der Waals surface area contributed by atoms with Crippen LogP contribution in [0, 0.1) is 0 Å². The van der Waals surface area contributed by atoms with Crippen molar-refractivity contribution in [2.45, 2.75) is 6.54 Å². The second-order valence-electron chi connectivity index (χ2n) is 6.75. The molecular formula is C23H23N2O3. The molecule has 1 fully saturated rings. The van der Waals surface area contributed by atoms with Gasteiger partial charge in [-0.2, -0.15) is 5.06 Å². The molecule has 0 amide bonds. The number of rotatable bonds is 7. The van der Waals surface area contributed by atoms with Gasteiger partial charge in [-0.3, -0.25) is 14.5 Å². The van der Waals surface area contributed by atoms with E-state index in [1.165, 1.54) is 11.1 Å². The number of hydrogen-bond donors (Lipinski definition) is 1.